The van der Waals surface area contributed by atoms with Crippen LogP contribution in [0.5, 0.6) is 0 Å². The second-order valence-corrected chi connectivity index (χ2v) is 6.51. The average molecular weight is 348 g/mol. The summed E-state index contributed by atoms with van der Waals surface area (Å²) < 4.78 is 14.4. The third-order valence-corrected chi connectivity index (χ3v) is 4.66. The van der Waals surface area contributed by atoms with E-state index >= 15 is 0 Å². The third-order valence-electron chi connectivity index (χ3n) is 4.66. The predicted molar refractivity (Wildman–Crippen MR) is 102 cm³/mol. The van der Waals surface area contributed by atoms with E-state index in [1.807, 2.05) is 54.6 Å². The first-order valence-electron chi connectivity index (χ1n) is 8.95. The molecule has 132 valence electrons. The van der Waals surface area contributed by atoms with Gasteiger partial charge in [-0.1, -0.05) is 48.5 Å². The van der Waals surface area contributed by atoms with E-state index in [4.69, 9.17) is 0 Å². The van der Waals surface area contributed by atoms with Crippen molar-refractivity contribution in [2.24, 2.45) is 0 Å². The van der Waals surface area contributed by atoms with Crippen molar-refractivity contribution in [3.63, 3.8) is 0 Å². The van der Waals surface area contributed by atoms with Gasteiger partial charge < -0.3 is 10.6 Å². The van der Waals surface area contributed by atoms with E-state index in [2.05, 4.69) is 20.6 Å². The van der Waals surface area contributed by atoms with Gasteiger partial charge in [0.05, 0.1) is 6.20 Å². The summed E-state index contributed by atoms with van der Waals surface area (Å²) in [4.78, 5) is 8.58. The molecule has 0 saturated carbocycles. The highest BCUT2D eigenvalue weighted by molar-refractivity contribution is 5.71. The molecule has 26 heavy (non-hydrogen) atoms. The van der Waals surface area contributed by atoms with E-state index in [-0.39, 0.29) is 0 Å². The Balaban J connectivity index is 1.63. The lowest BCUT2D eigenvalue weighted by atomic mass is 10.0. The number of hydrogen-bond donors (Lipinski definition) is 2. The molecule has 1 aromatic heterocycles. The molecule has 1 fully saturated rings. The molecule has 0 bridgehead atoms. The Hall–Kier alpha value is -2.79. The van der Waals surface area contributed by atoms with E-state index in [0.29, 0.717) is 17.7 Å². The number of piperidine rings is 1. The van der Waals surface area contributed by atoms with Crippen LogP contribution in [0, 0.1) is 5.82 Å². The Kier molecular flexibility index (Phi) is 4.88. The summed E-state index contributed by atoms with van der Waals surface area (Å²) in [6.07, 6.45) is 3.28. The molecule has 1 aliphatic heterocycles. The second kappa shape index (κ2) is 7.62. The van der Waals surface area contributed by atoms with Gasteiger partial charge in [0.2, 0.25) is 5.95 Å². The average Bonchev–Trinajstić information content (AvgIpc) is 2.71. The Morgan fingerprint density at radius 1 is 0.923 bits per heavy atom. The highest BCUT2D eigenvalue weighted by atomic mass is 19.1. The third kappa shape index (κ3) is 3.73. The van der Waals surface area contributed by atoms with Gasteiger partial charge in [-0.15, -0.1) is 0 Å². The molecular weight excluding hydrogens is 327 g/mol. The first kappa shape index (κ1) is 16.7. The van der Waals surface area contributed by atoms with Crippen molar-refractivity contribution < 1.29 is 4.39 Å². The molecule has 2 heterocycles. The van der Waals surface area contributed by atoms with Gasteiger partial charge >= 0.3 is 0 Å². The molecule has 3 aromatic rings. The summed E-state index contributed by atoms with van der Waals surface area (Å²) in [6, 6.07) is 18.2. The number of anilines is 1. The minimum Gasteiger partial charge on any atom is -0.351 e. The van der Waals surface area contributed by atoms with E-state index in [1.54, 1.807) is 0 Å². The van der Waals surface area contributed by atoms with Crippen molar-refractivity contribution >= 4 is 5.95 Å². The molecule has 0 amide bonds. The smallest absolute Gasteiger partial charge is 0.223 e. The lowest BCUT2D eigenvalue weighted by Crippen LogP contribution is -2.35. The summed E-state index contributed by atoms with van der Waals surface area (Å²) in [5, 5.41) is 6.66. The maximum Gasteiger partial charge on any atom is 0.223 e. The molecule has 4 nitrogen and oxygen atoms in total. The summed E-state index contributed by atoms with van der Waals surface area (Å²) >= 11 is 0. The molecule has 0 unspecified atom stereocenters. The summed E-state index contributed by atoms with van der Waals surface area (Å²) in [7, 11) is 0. The quantitative estimate of drug-likeness (QED) is 0.745. The number of aromatic nitrogens is 2. The van der Waals surface area contributed by atoms with Crippen LogP contribution >= 0.6 is 0 Å². The van der Waals surface area contributed by atoms with Crippen LogP contribution in [-0.4, -0.2) is 29.1 Å². The van der Waals surface area contributed by atoms with Gasteiger partial charge in [-0.2, -0.15) is 0 Å². The summed E-state index contributed by atoms with van der Waals surface area (Å²) in [5.74, 6) is 0.0736. The molecule has 5 heteroatoms. The van der Waals surface area contributed by atoms with Crippen LogP contribution in [0.1, 0.15) is 12.8 Å². The number of nitrogens with zero attached hydrogens (tertiary/aromatic N) is 2. The summed E-state index contributed by atoms with van der Waals surface area (Å²) in [5.41, 5.74) is 3.21. The van der Waals surface area contributed by atoms with Crippen molar-refractivity contribution in [1.29, 1.82) is 0 Å². The van der Waals surface area contributed by atoms with Crippen molar-refractivity contribution in [1.82, 2.24) is 15.3 Å². The van der Waals surface area contributed by atoms with Gasteiger partial charge in [-0.05, 0) is 43.1 Å². The van der Waals surface area contributed by atoms with Crippen molar-refractivity contribution in [2.45, 2.75) is 18.9 Å². The first-order chi connectivity index (χ1) is 12.8. The number of hydrogen-bond acceptors (Lipinski definition) is 4. The molecule has 0 radical (unpaired) electrons. The number of benzene rings is 2. The predicted octanol–water partition coefficient (Wildman–Crippen LogP) is 4.11. The van der Waals surface area contributed by atoms with Crippen molar-refractivity contribution in [2.75, 3.05) is 18.4 Å². The van der Waals surface area contributed by atoms with Gasteiger partial charge in [0.15, 0.2) is 5.82 Å². The van der Waals surface area contributed by atoms with Crippen LogP contribution in [-0.2, 0) is 0 Å². The van der Waals surface area contributed by atoms with Crippen molar-refractivity contribution in [3.05, 3.63) is 66.6 Å². The lowest BCUT2D eigenvalue weighted by molar-refractivity contribution is 0.477. The fourth-order valence-corrected chi connectivity index (χ4v) is 3.26. The SMILES string of the molecule is Fc1cnc(NC2CCNCC2)nc1-c1cccc(-c2ccccc2)c1. The van der Waals surface area contributed by atoms with Gasteiger partial charge in [-0.3, -0.25) is 0 Å². The molecule has 2 aromatic carbocycles. The summed E-state index contributed by atoms with van der Waals surface area (Å²) in [6.45, 7) is 1.95. The maximum atomic E-state index is 14.4. The second-order valence-electron chi connectivity index (χ2n) is 6.51. The monoisotopic (exact) mass is 348 g/mol. The molecule has 0 spiro atoms. The normalized spacial score (nSPS) is 15.0. The van der Waals surface area contributed by atoms with Gasteiger partial charge in [0.1, 0.15) is 5.69 Å². The van der Waals surface area contributed by atoms with E-state index in [1.165, 1.54) is 6.20 Å². The van der Waals surface area contributed by atoms with Crippen LogP contribution in [0.25, 0.3) is 22.4 Å². The molecule has 0 aliphatic carbocycles. The lowest BCUT2D eigenvalue weighted by Gasteiger charge is -2.23. The largest absolute Gasteiger partial charge is 0.351 e. The highest BCUT2D eigenvalue weighted by Gasteiger charge is 2.16. The Morgan fingerprint density at radius 3 is 2.46 bits per heavy atom. The van der Waals surface area contributed by atoms with Crippen molar-refractivity contribution in [3.8, 4) is 22.4 Å². The van der Waals surface area contributed by atoms with Crippen LogP contribution in [0.2, 0.25) is 0 Å². The molecule has 2 N–H and O–H groups in total. The van der Waals surface area contributed by atoms with E-state index < -0.39 is 5.82 Å². The zero-order chi connectivity index (χ0) is 17.8. The minimum atomic E-state index is -0.411. The fraction of sp³-hybridized carbons (Fsp3) is 0.238. The Morgan fingerprint density at radius 2 is 1.65 bits per heavy atom. The van der Waals surface area contributed by atoms with Gasteiger partial charge in [0.25, 0.3) is 0 Å². The topological polar surface area (TPSA) is 49.8 Å². The molecule has 0 atom stereocenters. The molecule has 4 rings (SSSR count). The zero-order valence-electron chi connectivity index (χ0n) is 14.5. The van der Waals surface area contributed by atoms with Crippen LogP contribution < -0.4 is 10.6 Å². The standard InChI is InChI=1S/C21H21FN4/c22-19-14-24-21(25-18-9-11-23-12-10-18)26-20(19)17-8-4-7-16(13-17)15-5-2-1-3-6-15/h1-8,13-14,18,23H,9-12H2,(H,24,25,26). The minimum absolute atomic E-state index is 0.324. The van der Waals surface area contributed by atoms with Crippen LogP contribution in [0.15, 0.2) is 60.8 Å². The number of rotatable bonds is 4. The van der Waals surface area contributed by atoms with Crippen LogP contribution in [0.3, 0.4) is 0 Å². The zero-order valence-corrected chi connectivity index (χ0v) is 14.5. The van der Waals surface area contributed by atoms with Crippen LogP contribution in [0.4, 0.5) is 10.3 Å². The number of halogens is 1. The first-order valence-corrected chi connectivity index (χ1v) is 8.95. The highest BCUT2D eigenvalue weighted by Crippen LogP contribution is 2.27. The molecule has 1 saturated heterocycles. The van der Waals surface area contributed by atoms with E-state index in [0.717, 1.165) is 42.6 Å². The van der Waals surface area contributed by atoms with Gasteiger partial charge in [0, 0.05) is 11.6 Å². The maximum absolute atomic E-state index is 14.4. The molecule has 1 aliphatic rings. The Labute approximate surface area is 152 Å². The van der Waals surface area contributed by atoms with E-state index in [9.17, 15) is 4.39 Å². The Bertz CT molecular complexity index is 876. The van der Waals surface area contributed by atoms with Gasteiger partial charge in [-0.25, -0.2) is 14.4 Å². The number of nitrogens with one attached hydrogen (secondary N) is 2. The fourth-order valence-electron chi connectivity index (χ4n) is 3.26. The molecular formula is C21H21FN4.